The van der Waals surface area contributed by atoms with Crippen LogP contribution < -0.4 is 10.1 Å². The van der Waals surface area contributed by atoms with E-state index in [4.69, 9.17) is 4.74 Å². The molecule has 1 heterocycles. The third-order valence-electron chi connectivity index (χ3n) is 4.04. The number of hydrogen-bond acceptors (Lipinski definition) is 4. The normalized spacial score (nSPS) is 20.5. The first-order valence-corrected chi connectivity index (χ1v) is 7.20. The van der Waals surface area contributed by atoms with Crippen molar-refractivity contribution in [1.82, 2.24) is 15.1 Å². The van der Waals surface area contributed by atoms with Gasteiger partial charge in [0.25, 0.3) is 5.91 Å². The second-order valence-electron chi connectivity index (χ2n) is 5.92. The molecule has 0 radical (unpaired) electrons. The number of ether oxygens (including phenoxy) is 1. The maximum Gasteiger partial charge on any atom is 0.325 e. The van der Waals surface area contributed by atoms with Crippen LogP contribution in [0.15, 0.2) is 18.2 Å². The lowest BCUT2D eigenvalue weighted by Crippen LogP contribution is -2.43. The van der Waals surface area contributed by atoms with Gasteiger partial charge < -0.3 is 15.0 Å². The summed E-state index contributed by atoms with van der Waals surface area (Å²) in [6.45, 7) is 3.22. The van der Waals surface area contributed by atoms with Gasteiger partial charge in [0.1, 0.15) is 17.8 Å². The average Bonchev–Trinajstić information content (AvgIpc) is 2.71. The third-order valence-corrected chi connectivity index (χ3v) is 4.04. The number of hydrogen-bond donors (Lipinski definition) is 1. The molecule has 1 aromatic carbocycles. The van der Waals surface area contributed by atoms with Crippen LogP contribution in [0.5, 0.6) is 5.75 Å². The highest BCUT2D eigenvalue weighted by molar-refractivity contribution is 6.09. The maximum atomic E-state index is 12.7. The average molecular weight is 319 g/mol. The molecule has 1 fully saturated rings. The summed E-state index contributed by atoms with van der Waals surface area (Å²) in [5.74, 6) is -0.0558. The molecule has 0 bridgehead atoms. The van der Waals surface area contributed by atoms with Gasteiger partial charge in [-0.05, 0) is 37.1 Å². The summed E-state index contributed by atoms with van der Waals surface area (Å²) >= 11 is 0. The minimum atomic E-state index is -1.19. The highest BCUT2D eigenvalue weighted by Crippen LogP contribution is 2.31. The summed E-state index contributed by atoms with van der Waals surface area (Å²) in [7, 11) is 4.72. The van der Waals surface area contributed by atoms with Crippen molar-refractivity contribution in [2.45, 2.75) is 19.4 Å². The maximum absolute atomic E-state index is 12.7. The molecule has 7 heteroatoms. The molecule has 1 unspecified atom stereocenters. The predicted molar refractivity (Wildman–Crippen MR) is 84.0 cm³/mol. The van der Waals surface area contributed by atoms with Gasteiger partial charge in [0.2, 0.25) is 5.91 Å². The van der Waals surface area contributed by atoms with Gasteiger partial charge >= 0.3 is 6.03 Å². The highest BCUT2D eigenvalue weighted by atomic mass is 16.5. The number of rotatable bonds is 4. The lowest BCUT2D eigenvalue weighted by atomic mass is 9.90. The number of benzene rings is 1. The van der Waals surface area contributed by atoms with Crippen molar-refractivity contribution in [3.63, 3.8) is 0 Å². The number of nitrogens with one attached hydrogen (secondary N) is 1. The van der Waals surface area contributed by atoms with Crippen molar-refractivity contribution in [3.05, 3.63) is 29.3 Å². The molecule has 7 nitrogen and oxygen atoms in total. The van der Waals surface area contributed by atoms with Gasteiger partial charge in [-0.25, -0.2) is 4.79 Å². The fraction of sp³-hybridized carbons (Fsp3) is 0.438. The Hall–Kier alpha value is -2.57. The zero-order chi connectivity index (χ0) is 17.4. The van der Waals surface area contributed by atoms with Crippen molar-refractivity contribution in [2.75, 3.05) is 27.7 Å². The van der Waals surface area contributed by atoms with Gasteiger partial charge in [-0.15, -0.1) is 0 Å². The number of carbonyl (C=O) groups excluding carboxylic acids is 3. The van der Waals surface area contributed by atoms with Crippen molar-refractivity contribution in [1.29, 1.82) is 0 Å². The molecule has 1 aliphatic rings. The second kappa shape index (κ2) is 5.91. The van der Waals surface area contributed by atoms with E-state index in [1.165, 1.54) is 4.90 Å². The van der Waals surface area contributed by atoms with E-state index in [1.54, 1.807) is 46.3 Å². The number of likely N-dealkylation sites (N-methyl/N-ethyl adjacent to an activating group) is 1. The Morgan fingerprint density at radius 2 is 2.00 bits per heavy atom. The Morgan fingerprint density at radius 1 is 1.35 bits per heavy atom. The quantitative estimate of drug-likeness (QED) is 0.835. The monoisotopic (exact) mass is 319 g/mol. The van der Waals surface area contributed by atoms with E-state index in [9.17, 15) is 14.4 Å². The SMILES string of the molecule is COc1ccc(C2(C)NC(=O)N(CC(=O)N(C)C)C2=O)cc1C. The fourth-order valence-electron chi connectivity index (χ4n) is 2.50. The van der Waals surface area contributed by atoms with Crippen molar-refractivity contribution in [3.8, 4) is 5.75 Å². The largest absolute Gasteiger partial charge is 0.496 e. The number of carbonyl (C=O) groups is 3. The zero-order valence-electron chi connectivity index (χ0n) is 14.0. The predicted octanol–water partition coefficient (Wildman–Crippen LogP) is 0.859. The molecular formula is C16H21N3O4. The first-order chi connectivity index (χ1) is 10.7. The zero-order valence-corrected chi connectivity index (χ0v) is 14.0. The molecule has 0 aliphatic carbocycles. The molecule has 124 valence electrons. The molecule has 1 N–H and O–H groups in total. The van der Waals surface area contributed by atoms with E-state index >= 15 is 0 Å². The lowest BCUT2D eigenvalue weighted by Gasteiger charge is -2.23. The Labute approximate surface area is 135 Å². The second-order valence-corrected chi connectivity index (χ2v) is 5.92. The van der Waals surface area contributed by atoms with Gasteiger partial charge in [-0.1, -0.05) is 6.07 Å². The Morgan fingerprint density at radius 3 is 2.52 bits per heavy atom. The first kappa shape index (κ1) is 16.8. The number of aryl methyl sites for hydroxylation is 1. The lowest BCUT2D eigenvalue weighted by molar-refractivity contribution is -0.137. The number of urea groups is 1. The van der Waals surface area contributed by atoms with Gasteiger partial charge in [-0.3, -0.25) is 14.5 Å². The summed E-state index contributed by atoms with van der Waals surface area (Å²) in [6, 6.07) is 4.72. The van der Waals surface area contributed by atoms with Crippen LogP contribution in [0, 0.1) is 6.92 Å². The van der Waals surface area contributed by atoms with Crippen molar-refractivity contribution in [2.24, 2.45) is 0 Å². The third kappa shape index (κ3) is 2.86. The van der Waals surface area contributed by atoms with Crippen LogP contribution in [0.4, 0.5) is 4.79 Å². The molecule has 23 heavy (non-hydrogen) atoms. The number of methoxy groups -OCH3 is 1. The smallest absolute Gasteiger partial charge is 0.325 e. The van der Waals surface area contributed by atoms with Gasteiger partial charge in [0, 0.05) is 14.1 Å². The van der Waals surface area contributed by atoms with Crippen LogP contribution in [-0.2, 0) is 15.1 Å². The van der Waals surface area contributed by atoms with Crippen LogP contribution in [0.3, 0.4) is 0 Å². The van der Waals surface area contributed by atoms with Crippen molar-refractivity contribution < 1.29 is 19.1 Å². The van der Waals surface area contributed by atoms with Gasteiger partial charge in [0.15, 0.2) is 0 Å². The molecule has 0 aromatic heterocycles. The van der Waals surface area contributed by atoms with Crippen LogP contribution in [-0.4, -0.2) is 55.4 Å². The summed E-state index contributed by atoms with van der Waals surface area (Å²) in [6.07, 6.45) is 0. The molecule has 1 aromatic rings. The van der Waals surface area contributed by atoms with Crippen molar-refractivity contribution >= 4 is 17.8 Å². The minimum absolute atomic E-state index is 0.275. The van der Waals surface area contributed by atoms with E-state index in [0.29, 0.717) is 11.3 Å². The summed E-state index contributed by atoms with van der Waals surface area (Å²) in [5.41, 5.74) is 0.311. The Bertz CT molecular complexity index is 671. The highest BCUT2D eigenvalue weighted by Gasteiger charge is 2.49. The molecule has 1 saturated heterocycles. The molecule has 0 spiro atoms. The Balaban J connectivity index is 2.32. The molecule has 1 atom stereocenters. The minimum Gasteiger partial charge on any atom is -0.496 e. The first-order valence-electron chi connectivity index (χ1n) is 7.20. The molecular weight excluding hydrogens is 298 g/mol. The molecule has 2 rings (SSSR count). The number of amides is 4. The standard InChI is InChI=1S/C16H21N3O4/c1-10-8-11(6-7-12(10)23-5)16(2)14(21)19(15(22)17-16)9-13(20)18(3)4/h6-8H,9H2,1-5H3,(H,17,22). The van der Waals surface area contributed by atoms with E-state index in [0.717, 1.165) is 10.5 Å². The summed E-state index contributed by atoms with van der Waals surface area (Å²) in [4.78, 5) is 38.9. The number of nitrogens with zero attached hydrogens (tertiary/aromatic N) is 2. The van der Waals surface area contributed by atoms with Gasteiger partial charge in [0.05, 0.1) is 7.11 Å². The Kier molecular flexibility index (Phi) is 4.31. The van der Waals surface area contributed by atoms with Crippen LogP contribution in [0.2, 0.25) is 0 Å². The summed E-state index contributed by atoms with van der Waals surface area (Å²) < 4.78 is 5.21. The van der Waals surface area contributed by atoms with E-state index < -0.39 is 17.5 Å². The fourth-order valence-corrected chi connectivity index (χ4v) is 2.50. The van der Waals surface area contributed by atoms with E-state index in [1.807, 2.05) is 6.92 Å². The summed E-state index contributed by atoms with van der Waals surface area (Å²) in [5, 5.41) is 2.68. The number of imide groups is 1. The van der Waals surface area contributed by atoms with Gasteiger partial charge in [-0.2, -0.15) is 0 Å². The topological polar surface area (TPSA) is 79.0 Å². The van der Waals surface area contributed by atoms with Crippen LogP contribution >= 0.6 is 0 Å². The van der Waals surface area contributed by atoms with Crippen LogP contribution in [0.25, 0.3) is 0 Å². The van der Waals surface area contributed by atoms with Crippen LogP contribution in [0.1, 0.15) is 18.1 Å². The molecule has 4 amide bonds. The van der Waals surface area contributed by atoms with E-state index in [-0.39, 0.29) is 12.5 Å². The molecule has 1 aliphatic heterocycles. The van der Waals surface area contributed by atoms with E-state index in [2.05, 4.69) is 5.32 Å². The molecule has 0 saturated carbocycles.